The molecule has 11 heteroatoms. The normalized spacial score (nSPS) is 17.0. The summed E-state index contributed by atoms with van der Waals surface area (Å²) in [7, 11) is 1.83. The van der Waals surface area contributed by atoms with Gasteiger partial charge in [0.25, 0.3) is 5.91 Å². The summed E-state index contributed by atoms with van der Waals surface area (Å²) in [5, 5.41) is 10.3. The Morgan fingerprint density at radius 1 is 1.13 bits per heavy atom. The predicted molar refractivity (Wildman–Crippen MR) is 109 cm³/mol. The van der Waals surface area contributed by atoms with Gasteiger partial charge in [-0.1, -0.05) is 0 Å². The number of alkyl halides is 3. The second kappa shape index (κ2) is 7.19. The molecule has 1 atom stereocenters. The number of halogens is 3. The number of aromatic nitrogens is 5. The zero-order chi connectivity index (χ0) is 21.8. The Bertz CT molecular complexity index is 1270. The number of fused-ring (bicyclic) bond motifs is 1. The summed E-state index contributed by atoms with van der Waals surface area (Å²) in [6, 6.07) is -0.0953. The van der Waals surface area contributed by atoms with Crippen molar-refractivity contribution in [2.24, 2.45) is 7.05 Å². The minimum atomic E-state index is -4.41. The summed E-state index contributed by atoms with van der Waals surface area (Å²) >= 11 is 1.13. The van der Waals surface area contributed by atoms with Crippen LogP contribution in [0.2, 0.25) is 0 Å². The number of carbonyl (C=O) groups excluding carboxylic acids is 1. The van der Waals surface area contributed by atoms with Gasteiger partial charge in [-0.25, -0.2) is 9.50 Å². The monoisotopic (exact) mass is 446 g/mol. The lowest BCUT2D eigenvalue weighted by Crippen LogP contribution is -2.44. The van der Waals surface area contributed by atoms with Crippen molar-refractivity contribution in [1.82, 2.24) is 29.3 Å². The van der Waals surface area contributed by atoms with Crippen LogP contribution in [0.15, 0.2) is 42.4 Å². The SMILES string of the molecule is Cn1cc(-c2cnc3c(-c4csc(C(=O)N5CCC[C@H]5C(F)(F)F)c4)cnn3c2)cn1. The molecule has 1 aliphatic rings. The maximum absolute atomic E-state index is 13.2. The first-order valence-electron chi connectivity index (χ1n) is 9.60. The lowest BCUT2D eigenvalue weighted by molar-refractivity contribution is -0.169. The average Bonchev–Trinajstić information content (AvgIpc) is 3.50. The second-order valence-corrected chi connectivity index (χ2v) is 8.38. The number of aryl methyl sites for hydroxylation is 1. The predicted octanol–water partition coefficient (Wildman–Crippen LogP) is 4.03. The van der Waals surface area contributed by atoms with E-state index in [9.17, 15) is 18.0 Å². The van der Waals surface area contributed by atoms with Crippen LogP contribution < -0.4 is 0 Å². The molecular weight excluding hydrogens is 429 g/mol. The van der Waals surface area contributed by atoms with Crippen LogP contribution in [0.25, 0.3) is 27.9 Å². The molecule has 0 bridgehead atoms. The Kier molecular flexibility index (Phi) is 4.58. The van der Waals surface area contributed by atoms with Gasteiger partial charge in [0.15, 0.2) is 5.65 Å². The minimum Gasteiger partial charge on any atom is -0.326 e. The fourth-order valence-corrected chi connectivity index (χ4v) is 4.74. The number of likely N-dealkylation sites (tertiary alicyclic amines) is 1. The Hall–Kier alpha value is -3.21. The van der Waals surface area contributed by atoms with E-state index >= 15 is 0 Å². The zero-order valence-electron chi connectivity index (χ0n) is 16.4. The van der Waals surface area contributed by atoms with Gasteiger partial charge < -0.3 is 4.90 Å². The van der Waals surface area contributed by atoms with Gasteiger partial charge in [-0.3, -0.25) is 9.48 Å². The molecule has 0 radical (unpaired) electrons. The Morgan fingerprint density at radius 2 is 1.94 bits per heavy atom. The van der Waals surface area contributed by atoms with Gasteiger partial charge in [-0.15, -0.1) is 11.3 Å². The molecule has 0 spiro atoms. The number of thiophene rings is 1. The smallest absolute Gasteiger partial charge is 0.326 e. The molecule has 5 rings (SSSR count). The summed E-state index contributed by atoms with van der Waals surface area (Å²) in [5.74, 6) is -0.584. The van der Waals surface area contributed by atoms with E-state index in [1.807, 2.05) is 19.4 Å². The van der Waals surface area contributed by atoms with Crippen molar-refractivity contribution in [3.8, 4) is 22.3 Å². The van der Waals surface area contributed by atoms with Crippen molar-refractivity contribution >= 4 is 22.9 Å². The van der Waals surface area contributed by atoms with Gasteiger partial charge in [0.2, 0.25) is 0 Å². The highest BCUT2D eigenvalue weighted by molar-refractivity contribution is 7.12. The van der Waals surface area contributed by atoms with E-state index in [-0.39, 0.29) is 17.8 Å². The molecule has 31 heavy (non-hydrogen) atoms. The number of hydrogen-bond acceptors (Lipinski definition) is 5. The van der Waals surface area contributed by atoms with E-state index in [2.05, 4.69) is 15.2 Å². The molecule has 7 nitrogen and oxygen atoms in total. The van der Waals surface area contributed by atoms with Gasteiger partial charge >= 0.3 is 6.18 Å². The molecule has 1 amide bonds. The minimum absolute atomic E-state index is 0.0509. The highest BCUT2D eigenvalue weighted by Crippen LogP contribution is 2.35. The number of amides is 1. The molecule has 1 fully saturated rings. The Morgan fingerprint density at radius 3 is 2.68 bits per heavy atom. The first-order chi connectivity index (χ1) is 14.8. The Labute approximate surface area is 178 Å². The number of rotatable bonds is 3. The van der Waals surface area contributed by atoms with Crippen LogP contribution in [-0.4, -0.2) is 53.9 Å². The molecule has 1 aliphatic heterocycles. The van der Waals surface area contributed by atoms with Crippen molar-refractivity contribution in [3.05, 3.63) is 47.3 Å². The molecule has 0 aromatic carbocycles. The maximum Gasteiger partial charge on any atom is 0.408 e. The first kappa shape index (κ1) is 19.7. The zero-order valence-corrected chi connectivity index (χ0v) is 17.2. The molecule has 4 aromatic rings. The number of nitrogens with zero attached hydrogens (tertiary/aromatic N) is 6. The third-order valence-electron chi connectivity index (χ3n) is 5.41. The van der Waals surface area contributed by atoms with Crippen LogP contribution >= 0.6 is 11.3 Å². The topological polar surface area (TPSA) is 68.3 Å². The van der Waals surface area contributed by atoms with Crippen LogP contribution in [0.4, 0.5) is 13.2 Å². The number of hydrogen-bond donors (Lipinski definition) is 0. The molecule has 0 N–H and O–H groups in total. The molecule has 0 aliphatic carbocycles. The molecule has 5 heterocycles. The fourth-order valence-electron chi connectivity index (χ4n) is 3.88. The summed E-state index contributed by atoms with van der Waals surface area (Å²) in [5.41, 5.74) is 3.76. The summed E-state index contributed by atoms with van der Waals surface area (Å²) in [4.78, 5) is 18.5. The fraction of sp³-hybridized carbons (Fsp3) is 0.300. The van der Waals surface area contributed by atoms with Crippen LogP contribution in [0.3, 0.4) is 0 Å². The van der Waals surface area contributed by atoms with E-state index in [4.69, 9.17) is 0 Å². The van der Waals surface area contributed by atoms with Crippen molar-refractivity contribution in [2.75, 3.05) is 6.54 Å². The molecule has 1 saturated heterocycles. The van der Waals surface area contributed by atoms with Crippen molar-refractivity contribution in [1.29, 1.82) is 0 Å². The quantitative estimate of drug-likeness (QED) is 0.477. The van der Waals surface area contributed by atoms with Gasteiger partial charge in [-0.2, -0.15) is 23.4 Å². The lowest BCUT2D eigenvalue weighted by Gasteiger charge is -2.26. The molecule has 0 unspecified atom stereocenters. The third-order valence-corrected chi connectivity index (χ3v) is 6.33. The standard InChI is InChI=1S/C20H17F3N6OS/c1-27-9-14(7-25-27)13-6-24-18-15(8-26-29(18)10-13)12-5-16(31-11-12)19(30)28-4-2-3-17(28)20(21,22)23/h5-11,17H,2-4H2,1H3/t17-/m0/s1. The summed E-state index contributed by atoms with van der Waals surface area (Å²) in [6.07, 6.45) is 4.68. The van der Waals surface area contributed by atoms with E-state index in [1.54, 1.807) is 39.2 Å². The van der Waals surface area contributed by atoms with Crippen LogP contribution in [0.5, 0.6) is 0 Å². The molecular formula is C20H17F3N6OS. The maximum atomic E-state index is 13.2. The molecule has 0 saturated carbocycles. The first-order valence-corrected chi connectivity index (χ1v) is 10.5. The molecule has 160 valence electrons. The average molecular weight is 446 g/mol. The second-order valence-electron chi connectivity index (χ2n) is 7.47. The van der Waals surface area contributed by atoms with Gasteiger partial charge in [0, 0.05) is 48.9 Å². The van der Waals surface area contributed by atoms with Gasteiger partial charge in [0.05, 0.1) is 17.3 Å². The Balaban J connectivity index is 1.44. The van der Waals surface area contributed by atoms with Gasteiger partial charge in [-0.05, 0) is 29.9 Å². The highest BCUT2D eigenvalue weighted by atomic mass is 32.1. The summed E-state index contributed by atoms with van der Waals surface area (Å²) in [6.45, 7) is 0.117. The van der Waals surface area contributed by atoms with Crippen LogP contribution in [0, 0.1) is 0 Å². The lowest BCUT2D eigenvalue weighted by atomic mass is 10.1. The summed E-state index contributed by atoms with van der Waals surface area (Å²) < 4.78 is 43.0. The molecule has 4 aromatic heterocycles. The van der Waals surface area contributed by atoms with Crippen LogP contribution in [0.1, 0.15) is 22.5 Å². The highest BCUT2D eigenvalue weighted by Gasteiger charge is 2.48. The van der Waals surface area contributed by atoms with Crippen LogP contribution in [-0.2, 0) is 7.05 Å². The van der Waals surface area contributed by atoms with E-state index < -0.39 is 18.1 Å². The largest absolute Gasteiger partial charge is 0.408 e. The van der Waals surface area contributed by atoms with E-state index in [1.165, 1.54) is 0 Å². The van der Waals surface area contributed by atoms with Crippen molar-refractivity contribution < 1.29 is 18.0 Å². The van der Waals surface area contributed by atoms with Crippen molar-refractivity contribution in [3.63, 3.8) is 0 Å². The third kappa shape index (κ3) is 3.48. The van der Waals surface area contributed by atoms with Gasteiger partial charge in [0.1, 0.15) is 6.04 Å². The van der Waals surface area contributed by atoms with E-state index in [0.717, 1.165) is 27.4 Å². The number of carbonyl (C=O) groups is 1. The van der Waals surface area contributed by atoms with Crippen molar-refractivity contribution in [2.45, 2.75) is 25.1 Å². The van der Waals surface area contributed by atoms with E-state index in [0.29, 0.717) is 23.2 Å².